The summed E-state index contributed by atoms with van der Waals surface area (Å²) in [6, 6.07) is 0. The first-order chi connectivity index (χ1) is 16.8. The van der Waals surface area contributed by atoms with Crippen LogP contribution in [0.2, 0.25) is 0 Å². The highest BCUT2D eigenvalue weighted by atomic mass is 32.2. The lowest BCUT2D eigenvalue weighted by molar-refractivity contribution is -0.525. The zero-order valence-corrected chi connectivity index (χ0v) is 22.6. The molecular weight excluding hydrogens is 468 g/mol. The van der Waals surface area contributed by atoms with Crippen LogP contribution in [0.25, 0.3) is 0 Å². The maximum Gasteiger partial charge on any atom is 0.316 e. The number of hydrogen-bond acceptors (Lipinski definition) is 6. The summed E-state index contributed by atoms with van der Waals surface area (Å²) in [6.45, 7) is 3.42. The van der Waals surface area contributed by atoms with E-state index >= 15 is 0 Å². The highest BCUT2D eigenvalue weighted by Gasteiger charge is 2.36. The second-order valence-corrected chi connectivity index (χ2v) is 11.1. The summed E-state index contributed by atoms with van der Waals surface area (Å²) in [5.41, 5.74) is 0. The molecule has 0 aromatic carbocycles. The van der Waals surface area contributed by atoms with Gasteiger partial charge in [0.05, 0.1) is 6.61 Å². The Morgan fingerprint density at radius 1 is 1.00 bits per heavy atom. The van der Waals surface area contributed by atoms with Crippen LogP contribution in [-0.2, 0) is 14.9 Å². The minimum atomic E-state index is -4.29. The second kappa shape index (κ2) is 18.9. The standard InChI is InChI=1S/C26H48N2O6S/c1-2-3-4-5-6-7-8-9-10-11-12-13-14-15-16-17-25(31)26-27(20-21-29)18-19-28(26)22-24(30)23-35(32,33)34/h5-6,24,29-30H,2-4,7-23H2,1H3/p+1/b6-5+. The van der Waals surface area contributed by atoms with Crippen molar-refractivity contribution in [3.8, 4) is 0 Å². The average Bonchev–Trinajstić information content (AvgIpc) is 3.17. The van der Waals surface area contributed by atoms with E-state index in [1.807, 2.05) is 0 Å². The molecule has 3 N–H and O–H groups in total. The number of carbonyl (C=O) groups is 1. The fourth-order valence-corrected chi connectivity index (χ4v) is 5.12. The lowest BCUT2D eigenvalue weighted by Gasteiger charge is -2.13. The van der Waals surface area contributed by atoms with Gasteiger partial charge in [0.25, 0.3) is 10.1 Å². The Morgan fingerprint density at radius 3 is 2.14 bits per heavy atom. The van der Waals surface area contributed by atoms with Crippen molar-refractivity contribution in [2.75, 3.05) is 38.5 Å². The van der Waals surface area contributed by atoms with E-state index in [0.29, 0.717) is 31.9 Å². The van der Waals surface area contributed by atoms with E-state index in [2.05, 4.69) is 19.1 Å². The number of nitrogens with zero attached hydrogens (tertiary/aromatic N) is 2. The molecule has 1 heterocycles. The first-order valence-electron chi connectivity index (χ1n) is 13.6. The molecule has 0 aliphatic carbocycles. The molecule has 1 rings (SSSR count). The Labute approximate surface area is 212 Å². The fourth-order valence-electron chi connectivity index (χ4n) is 4.53. The molecule has 1 aliphatic rings. The first-order valence-corrected chi connectivity index (χ1v) is 15.2. The average molecular weight is 518 g/mol. The molecule has 1 unspecified atom stereocenters. The third-order valence-corrected chi connectivity index (χ3v) is 7.16. The Morgan fingerprint density at radius 2 is 1.57 bits per heavy atom. The predicted octanol–water partition coefficient (Wildman–Crippen LogP) is 3.56. The predicted molar refractivity (Wildman–Crippen MR) is 141 cm³/mol. The van der Waals surface area contributed by atoms with Crippen molar-refractivity contribution in [2.24, 2.45) is 0 Å². The van der Waals surface area contributed by atoms with E-state index < -0.39 is 22.0 Å². The first kappa shape index (κ1) is 31.7. The SMILES string of the molecule is CCCC/C=C/CCCCCCCCCCCC(=O)C1=[N+](CC(O)CS(=O)(=O)O)CCN1CCO. The van der Waals surface area contributed by atoms with Gasteiger partial charge in [-0.1, -0.05) is 76.9 Å². The van der Waals surface area contributed by atoms with E-state index in [9.17, 15) is 23.4 Å². The number of allylic oxidation sites excluding steroid dienone is 2. The number of ketones is 1. The smallest absolute Gasteiger partial charge is 0.316 e. The van der Waals surface area contributed by atoms with Gasteiger partial charge in [-0.2, -0.15) is 8.42 Å². The lowest BCUT2D eigenvalue weighted by Crippen LogP contribution is -2.40. The highest BCUT2D eigenvalue weighted by Crippen LogP contribution is 2.13. The number of aliphatic hydroxyl groups is 2. The summed E-state index contributed by atoms with van der Waals surface area (Å²) >= 11 is 0. The number of carbonyl (C=O) groups excluding carboxylic acids is 1. The number of amidine groups is 1. The van der Waals surface area contributed by atoms with Gasteiger partial charge >= 0.3 is 5.84 Å². The van der Waals surface area contributed by atoms with Crippen LogP contribution in [0.15, 0.2) is 12.2 Å². The molecule has 1 atom stereocenters. The summed E-state index contributed by atoms with van der Waals surface area (Å²) in [4.78, 5) is 14.7. The molecule has 0 aromatic heterocycles. The van der Waals surface area contributed by atoms with Crippen LogP contribution < -0.4 is 0 Å². The topological polar surface area (TPSA) is 118 Å². The van der Waals surface area contributed by atoms with Crippen molar-refractivity contribution in [2.45, 2.75) is 103 Å². The van der Waals surface area contributed by atoms with Crippen molar-refractivity contribution < 1.29 is 32.6 Å². The monoisotopic (exact) mass is 517 g/mol. The summed E-state index contributed by atoms with van der Waals surface area (Å²) < 4.78 is 32.7. The van der Waals surface area contributed by atoms with Gasteiger partial charge in [0.15, 0.2) is 0 Å². The second-order valence-electron chi connectivity index (χ2n) is 9.64. The van der Waals surface area contributed by atoms with E-state index in [-0.39, 0.29) is 18.9 Å². The molecule has 0 fully saturated rings. The van der Waals surface area contributed by atoms with Gasteiger partial charge in [-0.25, -0.2) is 0 Å². The third kappa shape index (κ3) is 15.4. The Kier molecular flexibility index (Phi) is 17.1. The fraction of sp³-hybridized carbons (Fsp3) is 0.846. The maximum atomic E-state index is 12.9. The third-order valence-electron chi connectivity index (χ3n) is 6.36. The Balaban J connectivity index is 2.25. The molecule has 0 bridgehead atoms. The lowest BCUT2D eigenvalue weighted by atomic mass is 10.0. The zero-order valence-electron chi connectivity index (χ0n) is 21.7. The van der Waals surface area contributed by atoms with Gasteiger partial charge in [0.2, 0.25) is 5.78 Å². The van der Waals surface area contributed by atoms with Crippen molar-refractivity contribution >= 4 is 21.7 Å². The largest absolute Gasteiger partial charge is 0.392 e. The molecule has 0 aromatic rings. The summed E-state index contributed by atoms with van der Waals surface area (Å²) in [5, 5.41) is 19.3. The van der Waals surface area contributed by atoms with Crippen LogP contribution >= 0.6 is 0 Å². The van der Waals surface area contributed by atoms with Crippen LogP contribution in [0.1, 0.15) is 96.8 Å². The molecule has 0 amide bonds. The van der Waals surface area contributed by atoms with Crippen LogP contribution in [0.3, 0.4) is 0 Å². The molecule has 204 valence electrons. The molecule has 9 heteroatoms. The van der Waals surface area contributed by atoms with Crippen molar-refractivity contribution in [1.82, 2.24) is 4.90 Å². The van der Waals surface area contributed by atoms with Gasteiger partial charge in [-0.15, -0.1) is 0 Å². The van der Waals surface area contributed by atoms with Gasteiger partial charge in [0.1, 0.15) is 38.0 Å². The summed E-state index contributed by atoms with van der Waals surface area (Å²) in [6.07, 6.45) is 19.2. The molecular formula is C26H49N2O6S+. The van der Waals surface area contributed by atoms with E-state index in [1.54, 1.807) is 9.48 Å². The normalized spacial score (nSPS) is 15.5. The van der Waals surface area contributed by atoms with E-state index in [1.165, 1.54) is 64.2 Å². The van der Waals surface area contributed by atoms with E-state index in [4.69, 9.17) is 4.55 Å². The van der Waals surface area contributed by atoms with Gasteiger partial charge < -0.3 is 10.2 Å². The zero-order chi connectivity index (χ0) is 25.9. The number of aliphatic hydroxyl groups excluding tert-OH is 2. The van der Waals surface area contributed by atoms with Crippen LogP contribution in [-0.4, -0.2) is 88.9 Å². The van der Waals surface area contributed by atoms with Gasteiger partial charge in [-0.05, 0) is 25.7 Å². The molecule has 0 radical (unpaired) electrons. The quantitative estimate of drug-likeness (QED) is 0.0870. The number of Topliss-reactive ketones (excluding diaryl/α,β-unsaturated/α-hetero) is 1. The van der Waals surface area contributed by atoms with Gasteiger partial charge in [-0.3, -0.25) is 18.8 Å². The molecule has 0 saturated carbocycles. The van der Waals surface area contributed by atoms with Gasteiger partial charge in [0, 0.05) is 6.42 Å². The maximum absolute atomic E-state index is 12.9. The van der Waals surface area contributed by atoms with E-state index in [0.717, 1.165) is 19.3 Å². The van der Waals surface area contributed by atoms with Crippen LogP contribution in [0.4, 0.5) is 0 Å². The Bertz CT molecular complexity index is 751. The summed E-state index contributed by atoms with van der Waals surface area (Å²) in [7, 11) is -4.29. The number of rotatable bonds is 22. The Hall–Kier alpha value is -1.29. The summed E-state index contributed by atoms with van der Waals surface area (Å²) in [5.74, 6) is -0.367. The molecule has 35 heavy (non-hydrogen) atoms. The minimum Gasteiger partial charge on any atom is -0.392 e. The number of hydrogen-bond donors (Lipinski definition) is 3. The van der Waals surface area contributed by atoms with Crippen molar-refractivity contribution in [3.63, 3.8) is 0 Å². The molecule has 0 spiro atoms. The molecule has 8 nitrogen and oxygen atoms in total. The minimum absolute atomic E-state index is 0.0428. The molecule has 1 aliphatic heterocycles. The molecule has 0 saturated heterocycles. The van der Waals surface area contributed by atoms with Crippen LogP contribution in [0, 0.1) is 0 Å². The number of unbranched alkanes of at least 4 members (excludes halogenated alkanes) is 11. The van der Waals surface area contributed by atoms with Crippen molar-refractivity contribution in [3.05, 3.63) is 12.2 Å². The van der Waals surface area contributed by atoms with Crippen molar-refractivity contribution in [1.29, 1.82) is 0 Å². The highest BCUT2D eigenvalue weighted by molar-refractivity contribution is 7.85. The van der Waals surface area contributed by atoms with Crippen LogP contribution in [0.5, 0.6) is 0 Å². The number of β-amino-alcohol motifs (C(OH)–C–C–N with tert-alkyl or cyclic N) is 2.